The summed E-state index contributed by atoms with van der Waals surface area (Å²) in [6, 6.07) is 5.57. The van der Waals surface area contributed by atoms with Crippen molar-refractivity contribution in [2.45, 2.75) is 56.9 Å². The summed E-state index contributed by atoms with van der Waals surface area (Å²) in [5.41, 5.74) is 0.912. The van der Waals surface area contributed by atoms with E-state index in [9.17, 15) is 9.59 Å². The molecule has 1 N–H and O–H groups in total. The Morgan fingerprint density at radius 3 is 2.21 bits per heavy atom. The van der Waals surface area contributed by atoms with E-state index in [2.05, 4.69) is 5.32 Å². The predicted octanol–water partition coefficient (Wildman–Crippen LogP) is 3.26. The van der Waals surface area contributed by atoms with Crippen LogP contribution in [0.2, 0.25) is 0 Å². The lowest BCUT2D eigenvalue weighted by Crippen LogP contribution is -2.60. The number of ether oxygens (including phenoxy) is 3. The fraction of sp³-hybridized carbons (Fsp3) is 0.652. The van der Waals surface area contributed by atoms with Crippen molar-refractivity contribution >= 4 is 11.9 Å². The van der Waals surface area contributed by atoms with Gasteiger partial charge < -0.3 is 19.5 Å². The second kappa shape index (κ2) is 8.25. The summed E-state index contributed by atoms with van der Waals surface area (Å²) in [6.07, 6.45) is 8.03. The van der Waals surface area contributed by atoms with Crippen LogP contribution < -0.4 is 14.8 Å². The molecule has 4 bridgehead atoms. The van der Waals surface area contributed by atoms with Crippen LogP contribution in [-0.4, -0.2) is 38.2 Å². The van der Waals surface area contributed by atoms with E-state index in [0.29, 0.717) is 17.9 Å². The topological polar surface area (TPSA) is 73.9 Å². The predicted molar refractivity (Wildman–Crippen MR) is 108 cm³/mol. The van der Waals surface area contributed by atoms with Crippen molar-refractivity contribution in [2.24, 2.45) is 17.8 Å². The highest BCUT2D eigenvalue weighted by molar-refractivity contribution is 5.81. The molecule has 1 aromatic carbocycles. The zero-order valence-electron chi connectivity index (χ0n) is 17.4. The third-order valence-corrected chi connectivity index (χ3v) is 6.87. The Morgan fingerprint density at radius 2 is 1.62 bits per heavy atom. The molecule has 1 amide bonds. The van der Waals surface area contributed by atoms with Crippen molar-refractivity contribution in [3.05, 3.63) is 23.8 Å². The maximum atomic E-state index is 12.4. The number of esters is 1. The summed E-state index contributed by atoms with van der Waals surface area (Å²) in [6.45, 7) is -0.188. The number of benzene rings is 1. The van der Waals surface area contributed by atoms with Gasteiger partial charge in [0.05, 0.1) is 14.2 Å². The number of amides is 1. The molecule has 0 unspecified atom stereocenters. The van der Waals surface area contributed by atoms with E-state index in [1.807, 2.05) is 18.2 Å². The Bertz CT molecular complexity index is 739. The first-order valence-corrected chi connectivity index (χ1v) is 10.7. The van der Waals surface area contributed by atoms with Crippen LogP contribution in [0.4, 0.5) is 0 Å². The zero-order chi connectivity index (χ0) is 20.4. The van der Waals surface area contributed by atoms with Crippen LogP contribution in [0.3, 0.4) is 0 Å². The average molecular weight is 402 g/mol. The van der Waals surface area contributed by atoms with Crippen LogP contribution >= 0.6 is 0 Å². The Balaban J connectivity index is 1.22. The van der Waals surface area contributed by atoms with Crippen molar-refractivity contribution in [3.8, 4) is 11.5 Å². The van der Waals surface area contributed by atoms with E-state index < -0.39 is 0 Å². The summed E-state index contributed by atoms with van der Waals surface area (Å²) in [5.74, 6) is 3.07. The average Bonchev–Trinajstić information content (AvgIpc) is 2.69. The summed E-state index contributed by atoms with van der Waals surface area (Å²) in [4.78, 5) is 24.5. The summed E-state index contributed by atoms with van der Waals surface area (Å²) < 4.78 is 15.7. The van der Waals surface area contributed by atoms with Crippen LogP contribution in [0.5, 0.6) is 11.5 Å². The minimum Gasteiger partial charge on any atom is -0.493 e. The fourth-order valence-corrected chi connectivity index (χ4v) is 6.10. The van der Waals surface area contributed by atoms with Crippen molar-refractivity contribution in [2.75, 3.05) is 20.8 Å². The van der Waals surface area contributed by atoms with Gasteiger partial charge in [-0.15, -0.1) is 0 Å². The molecule has 0 radical (unpaired) electrons. The molecule has 0 heterocycles. The highest BCUT2D eigenvalue weighted by Crippen LogP contribution is 2.55. The lowest BCUT2D eigenvalue weighted by atomic mass is 9.53. The first-order valence-electron chi connectivity index (χ1n) is 10.7. The van der Waals surface area contributed by atoms with Crippen LogP contribution in [0, 0.1) is 17.8 Å². The first kappa shape index (κ1) is 20.0. The molecule has 4 aliphatic carbocycles. The van der Waals surface area contributed by atoms with Gasteiger partial charge in [-0.2, -0.15) is 0 Å². The molecule has 4 aliphatic rings. The number of hydrogen-bond acceptors (Lipinski definition) is 5. The quantitative estimate of drug-likeness (QED) is 0.677. The highest BCUT2D eigenvalue weighted by atomic mass is 16.5. The lowest BCUT2D eigenvalue weighted by molar-refractivity contribution is -0.150. The smallest absolute Gasteiger partial charge is 0.306 e. The molecular formula is C23H31NO5. The molecule has 1 aromatic rings. The van der Waals surface area contributed by atoms with Gasteiger partial charge in [-0.25, -0.2) is 0 Å². The minimum absolute atomic E-state index is 0.0438. The molecule has 6 heteroatoms. The lowest BCUT2D eigenvalue weighted by Gasteiger charge is -2.56. The Labute approximate surface area is 172 Å². The van der Waals surface area contributed by atoms with Crippen LogP contribution in [-0.2, 0) is 20.7 Å². The van der Waals surface area contributed by atoms with Gasteiger partial charge in [-0.3, -0.25) is 9.59 Å². The van der Waals surface area contributed by atoms with Gasteiger partial charge in [0.1, 0.15) is 0 Å². The Morgan fingerprint density at radius 1 is 1.00 bits per heavy atom. The van der Waals surface area contributed by atoms with E-state index in [1.165, 1.54) is 19.3 Å². The summed E-state index contributed by atoms with van der Waals surface area (Å²) in [5, 5.41) is 3.23. The van der Waals surface area contributed by atoms with Gasteiger partial charge in [-0.05, 0) is 80.4 Å². The second-order valence-electron chi connectivity index (χ2n) is 9.10. The highest BCUT2D eigenvalue weighted by Gasteiger charge is 2.51. The molecule has 0 atom stereocenters. The van der Waals surface area contributed by atoms with Crippen LogP contribution in [0.1, 0.15) is 50.5 Å². The standard InChI is InChI=1S/C23H31NO5/c1-27-19-5-3-15(10-20(19)28-2)4-6-22(26)29-14-21(25)24-23-11-16-7-17(12-23)9-18(8-16)13-23/h3,5,10,16-18H,4,6-9,11-14H2,1-2H3,(H,24,25). The molecule has 0 saturated heterocycles. The van der Waals surface area contributed by atoms with Crippen LogP contribution in [0.25, 0.3) is 0 Å². The summed E-state index contributed by atoms with van der Waals surface area (Å²) in [7, 11) is 3.17. The molecule has 29 heavy (non-hydrogen) atoms. The number of carbonyl (C=O) groups is 2. The number of rotatable bonds is 8. The largest absolute Gasteiger partial charge is 0.493 e. The van der Waals surface area contributed by atoms with Crippen molar-refractivity contribution in [1.29, 1.82) is 0 Å². The number of methoxy groups -OCH3 is 2. The number of hydrogen-bond donors (Lipinski definition) is 1. The maximum absolute atomic E-state index is 12.4. The zero-order valence-corrected chi connectivity index (χ0v) is 17.4. The molecule has 4 saturated carbocycles. The first-order chi connectivity index (χ1) is 14.0. The molecule has 6 nitrogen and oxygen atoms in total. The minimum atomic E-state index is -0.361. The Hall–Kier alpha value is -2.24. The number of aryl methyl sites for hydroxylation is 1. The van der Waals surface area contributed by atoms with E-state index >= 15 is 0 Å². The molecule has 158 valence electrons. The van der Waals surface area contributed by atoms with Gasteiger partial charge in [0.15, 0.2) is 18.1 Å². The second-order valence-corrected chi connectivity index (χ2v) is 9.10. The van der Waals surface area contributed by atoms with E-state index in [4.69, 9.17) is 14.2 Å². The molecular weight excluding hydrogens is 370 g/mol. The molecule has 5 rings (SSSR count). The summed E-state index contributed by atoms with van der Waals surface area (Å²) >= 11 is 0. The molecule has 0 aliphatic heterocycles. The third-order valence-electron chi connectivity index (χ3n) is 6.87. The van der Waals surface area contributed by atoms with Gasteiger partial charge in [0, 0.05) is 12.0 Å². The van der Waals surface area contributed by atoms with Gasteiger partial charge >= 0.3 is 5.97 Å². The fourth-order valence-electron chi connectivity index (χ4n) is 6.10. The number of nitrogens with one attached hydrogen (secondary N) is 1. The monoisotopic (exact) mass is 401 g/mol. The number of carbonyl (C=O) groups excluding carboxylic acids is 2. The molecule has 4 fully saturated rings. The van der Waals surface area contributed by atoms with Crippen molar-refractivity contribution < 1.29 is 23.8 Å². The molecule has 0 aromatic heterocycles. The van der Waals surface area contributed by atoms with Gasteiger partial charge in [0.25, 0.3) is 5.91 Å². The van der Waals surface area contributed by atoms with Crippen LogP contribution in [0.15, 0.2) is 18.2 Å². The van der Waals surface area contributed by atoms with Gasteiger partial charge in [-0.1, -0.05) is 6.07 Å². The third kappa shape index (κ3) is 4.51. The van der Waals surface area contributed by atoms with E-state index in [0.717, 1.165) is 42.6 Å². The SMILES string of the molecule is COc1ccc(CCC(=O)OCC(=O)NC23CC4CC(CC(C4)C2)C3)cc1OC. The van der Waals surface area contributed by atoms with E-state index in [-0.39, 0.29) is 30.4 Å². The van der Waals surface area contributed by atoms with Gasteiger partial charge in [0.2, 0.25) is 0 Å². The normalized spacial score (nSPS) is 29.4. The molecule has 0 spiro atoms. The van der Waals surface area contributed by atoms with E-state index in [1.54, 1.807) is 14.2 Å². The maximum Gasteiger partial charge on any atom is 0.306 e. The van der Waals surface area contributed by atoms with Crippen molar-refractivity contribution in [3.63, 3.8) is 0 Å². The van der Waals surface area contributed by atoms with Crippen molar-refractivity contribution in [1.82, 2.24) is 5.32 Å². The Kier molecular flexibility index (Phi) is 5.70.